The summed E-state index contributed by atoms with van der Waals surface area (Å²) in [5.41, 5.74) is 1.16. The van der Waals surface area contributed by atoms with Crippen molar-refractivity contribution >= 4 is 27.5 Å². The number of ether oxygens (including phenoxy) is 1. The second-order valence-corrected chi connectivity index (χ2v) is 5.59. The molecule has 1 aliphatic heterocycles. The van der Waals surface area contributed by atoms with Crippen LogP contribution in [-0.2, 0) is 4.79 Å². The molecule has 2 rings (SSSR count). The van der Waals surface area contributed by atoms with E-state index in [0.29, 0.717) is 6.54 Å². The molecule has 0 radical (unpaired) electrons. The molecule has 1 aliphatic rings. The fraction of sp³-hybridized carbons (Fsp3) is 0.462. The molecule has 0 N–H and O–H groups in total. The van der Waals surface area contributed by atoms with E-state index in [0.717, 1.165) is 21.5 Å². The largest absolute Gasteiger partial charge is 0.476 e. The Labute approximate surface area is 110 Å². The first kappa shape index (κ1) is 12.4. The number of benzene rings is 1. The summed E-state index contributed by atoms with van der Waals surface area (Å²) in [4.78, 5) is 14.0. The number of halogens is 1. The first-order valence-electron chi connectivity index (χ1n) is 5.68. The Hall–Kier alpha value is -1.03. The van der Waals surface area contributed by atoms with Crippen LogP contribution in [0.15, 0.2) is 16.6 Å². The van der Waals surface area contributed by atoms with E-state index in [2.05, 4.69) is 15.9 Å². The number of hydrogen-bond acceptors (Lipinski definition) is 2. The summed E-state index contributed by atoms with van der Waals surface area (Å²) in [5.74, 6) is 0.778. The minimum Gasteiger partial charge on any atom is -0.476 e. The predicted octanol–water partition coefficient (Wildman–Crippen LogP) is 3.28. The Morgan fingerprint density at radius 3 is 2.65 bits per heavy atom. The van der Waals surface area contributed by atoms with Crippen LogP contribution >= 0.6 is 15.9 Å². The standard InChI is InChI=1S/C13H16BrNO2/c1-5-15-10-7-9(14)8(2)6-11(10)17-13(3,4)12(15)16/h6-7H,5H2,1-4H3. The molecule has 0 atom stereocenters. The second-order valence-electron chi connectivity index (χ2n) is 4.73. The van der Waals surface area contributed by atoms with Gasteiger partial charge in [0.05, 0.1) is 5.69 Å². The summed E-state index contributed by atoms with van der Waals surface area (Å²) in [7, 11) is 0. The van der Waals surface area contributed by atoms with Crippen LogP contribution in [0, 0.1) is 6.92 Å². The lowest BCUT2D eigenvalue weighted by molar-refractivity contribution is -0.132. The van der Waals surface area contributed by atoms with Crippen molar-refractivity contribution in [2.24, 2.45) is 0 Å². The number of hydrogen-bond donors (Lipinski definition) is 0. The number of likely N-dealkylation sites (N-methyl/N-ethyl adjacent to an activating group) is 1. The van der Waals surface area contributed by atoms with Crippen molar-refractivity contribution in [2.75, 3.05) is 11.4 Å². The highest BCUT2D eigenvalue weighted by Gasteiger charge is 2.40. The highest BCUT2D eigenvalue weighted by molar-refractivity contribution is 9.10. The molecule has 0 unspecified atom stereocenters. The number of rotatable bonds is 1. The Balaban J connectivity index is 2.60. The number of nitrogens with zero attached hydrogens (tertiary/aromatic N) is 1. The van der Waals surface area contributed by atoms with Gasteiger partial charge in [0.25, 0.3) is 5.91 Å². The molecule has 1 amide bonds. The maximum atomic E-state index is 12.2. The van der Waals surface area contributed by atoms with Crippen molar-refractivity contribution in [3.05, 3.63) is 22.2 Å². The van der Waals surface area contributed by atoms with Gasteiger partial charge in [-0.1, -0.05) is 15.9 Å². The van der Waals surface area contributed by atoms with Gasteiger partial charge in [-0.2, -0.15) is 0 Å². The predicted molar refractivity (Wildman–Crippen MR) is 71.6 cm³/mol. The Bertz CT molecular complexity index is 483. The highest BCUT2D eigenvalue weighted by Crippen LogP contribution is 2.40. The first-order chi connectivity index (χ1) is 7.86. The van der Waals surface area contributed by atoms with Gasteiger partial charge >= 0.3 is 0 Å². The molecule has 0 aromatic heterocycles. The molecule has 1 heterocycles. The summed E-state index contributed by atoms with van der Waals surface area (Å²) in [6, 6.07) is 3.91. The number of aryl methyl sites for hydroxylation is 1. The Kier molecular flexibility index (Phi) is 2.94. The second kappa shape index (κ2) is 4.02. The maximum absolute atomic E-state index is 12.2. The van der Waals surface area contributed by atoms with E-state index in [4.69, 9.17) is 4.74 Å². The van der Waals surface area contributed by atoms with E-state index in [-0.39, 0.29) is 5.91 Å². The van der Waals surface area contributed by atoms with E-state index in [1.807, 2.05) is 26.0 Å². The van der Waals surface area contributed by atoms with Gasteiger partial charge in [0.2, 0.25) is 0 Å². The van der Waals surface area contributed by atoms with Gasteiger partial charge in [0.1, 0.15) is 5.75 Å². The summed E-state index contributed by atoms with van der Waals surface area (Å²) >= 11 is 3.49. The van der Waals surface area contributed by atoms with Crippen molar-refractivity contribution in [3.8, 4) is 5.75 Å². The van der Waals surface area contributed by atoms with Gasteiger partial charge in [0, 0.05) is 11.0 Å². The van der Waals surface area contributed by atoms with Crippen molar-refractivity contribution in [1.29, 1.82) is 0 Å². The SMILES string of the molecule is CCN1C(=O)C(C)(C)Oc2cc(C)c(Br)cc21. The topological polar surface area (TPSA) is 29.5 Å². The quantitative estimate of drug-likeness (QED) is 0.796. The number of carbonyl (C=O) groups is 1. The molecule has 0 saturated carbocycles. The van der Waals surface area contributed by atoms with Crippen molar-refractivity contribution in [1.82, 2.24) is 0 Å². The van der Waals surface area contributed by atoms with Crippen LogP contribution in [-0.4, -0.2) is 18.1 Å². The lowest BCUT2D eigenvalue weighted by Crippen LogP contribution is -2.52. The van der Waals surface area contributed by atoms with E-state index < -0.39 is 5.60 Å². The molecular formula is C13H16BrNO2. The van der Waals surface area contributed by atoms with Crippen LogP contribution in [0.2, 0.25) is 0 Å². The zero-order valence-electron chi connectivity index (χ0n) is 10.5. The summed E-state index contributed by atoms with van der Waals surface area (Å²) < 4.78 is 6.78. The first-order valence-corrected chi connectivity index (χ1v) is 6.47. The number of amides is 1. The van der Waals surface area contributed by atoms with Gasteiger partial charge in [-0.25, -0.2) is 0 Å². The van der Waals surface area contributed by atoms with E-state index in [1.54, 1.807) is 18.7 Å². The average molecular weight is 298 g/mol. The van der Waals surface area contributed by atoms with Crippen LogP contribution in [0.4, 0.5) is 5.69 Å². The monoisotopic (exact) mass is 297 g/mol. The van der Waals surface area contributed by atoms with Gasteiger partial charge in [-0.15, -0.1) is 0 Å². The minimum atomic E-state index is -0.788. The highest BCUT2D eigenvalue weighted by atomic mass is 79.9. The molecule has 1 aromatic rings. The molecule has 1 aromatic carbocycles. The van der Waals surface area contributed by atoms with Crippen LogP contribution in [0.25, 0.3) is 0 Å². The normalized spacial score (nSPS) is 17.7. The lowest BCUT2D eigenvalue weighted by atomic mass is 10.0. The molecule has 0 saturated heterocycles. The third-order valence-electron chi connectivity index (χ3n) is 2.97. The minimum absolute atomic E-state index is 0.00301. The van der Waals surface area contributed by atoms with Crippen LogP contribution in [0.5, 0.6) is 5.75 Å². The third kappa shape index (κ3) is 1.95. The van der Waals surface area contributed by atoms with Gasteiger partial charge < -0.3 is 9.64 Å². The molecule has 92 valence electrons. The molecule has 0 bridgehead atoms. The summed E-state index contributed by atoms with van der Waals surface area (Å²) in [6.45, 7) is 8.23. The molecule has 0 aliphatic carbocycles. The molecular weight excluding hydrogens is 282 g/mol. The lowest BCUT2D eigenvalue weighted by Gasteiger charge is -2.38. The van der Waals surface area contributed by atoms with Crippen LogP contribution < -0.4 is 9.64 Å². The van der Waals surface area contributed by atoms with Gasteiger partial charge in [0.15, 0.2) is 5.60 Å². The Morgan fingerprint density at radius 1 is 1.41 bits per heavy atom. The van der Waals surface area contributed by atoms with E-state index in [1.165, 1.54) is 0 Å². The van der Waals surface area contributed by atoms with E-state index in [9.17, 15) is 4.79 Å². The molecule has 4 heteroatoms. The van der Waals surface area contributed by atoms with Gasteiger partial charge in [-0.3, -0.25) is 4.79 Å². The zero-order valence-corrected chi connectivity index (χ0v) is 12.1. The fourth-order valence-corrected chi connectivity index (χ4v) is 2.34. The van der Waals surface area contributed by atoms with Crippen LogP contribution in [0.1, 0.15) is 26.3 Å². The van der Waals surface area contributed by atoms with Crippen molar-refractivity contribution < 1.29 is 9.53 Å². The summed E-state index contributed by atoms with van der Waals surface area (Å²) in [5, 5.41) is 0. The molecule has 17 heavy (non-hydrogen) atoms. The fourth-order valence-electron chi connectivity index (χ4n) is 2.00. The van der Waals surface area contributed by atoms with Gasteiger partial charge in [-0.05, 0) is 45.4 Å². The third-order valence-corrected chi connectivity index (χ3v) is 3.83. The maximum Gasteiger partial charge on any atom is 0.270 e. The molecule has 0 fully saturated rings. The smallest absolute Gasteiger partial charge is 0.270 e. The Morgan fingerprint density at radius 2 is 2.06 bits per heavy atom. The number of anilines is 1. The number of carbonyl (C=O) groups excluding carboxylic acids is 1. The van der Waals surface area contributed by atoms with E-state index >= 15 is 0 Å². The average Bonchev–Trinajstić information content (AvgIpc) is 2.23. The van der Waals surface area contributed by atoms with Crippen LogP contribution in [0.3, 0.4) is 0 Å². The summed E-state index contributed by atoms with van der Waals surface area (Å²) in [6.07, 6.45) is 0. The molecule has 0 spiro atoms. The molecule has 3 nitrogen and oxygen atoms in total. The zero-order chi connectivity index (χ0) is 12.8. The van der Waals surface area contributed by atoms with Crippen molar-refractivity contribution in [3.63, 3.8) is 0 Å². The van der Waals surface area contributed by atoms with Crippen molar-refractivity contribution in [2.45, 2.75) is 33.3 Å². The number of fused-ring (bicyclic) bond motifs is 1.